The van der Waals surface area contributed by atoms with Crippen LogP contribution in [-0.4, -0.2) is 28.4 Å². The van der Waals surface area contributed by atoms with Crippen molar-refractivity contribution in [2.75, 3.05) is 11.5 Å². The summed E-state index contributed by atoms with van der Waals surface area (Å²) < 4.78 is 5.73. The largest absolute Gasteiger partial charge is 0.507 e. The van der Waals surface area contributed by atoms with Gasteiger partial charge >= 0.3 is 5.91 Å². The number of hydrogen-bond donors (Lipinski definition) is 1. The number of halogens is 1. The van der Waals surface area contributed by atoms with Crippen molar-refractivity contribution in [3.63, 3.8) is 0 Å². The van der Waals surface area contributed by atoms with E-state index in [1.807, 2.05) is 0 Å². The molecule has 1 N–H and O–H groups in total. The third kappa shape index (κ3) is 4.26. The van der Waals surface area contributed by atoms with Gasteiger partial charge in [0.05, 0.1) is 18.2 Å². The molecule has 0 saturated carbocycles. The van der Waals surface area contributed by atoms with Gasteiger partial charge in [0.25, 0.3) is 5.78 Å². The molecule has 0 spiro atoms. The minimum atomic E-state index is -0.830. The van der Waals surface area contributed by atoms with E-state index >= 15 is 0 Å². The van der Waals surface area contributed by atoms with Crippen molar-refractivity contribution >= 4 is 45.5 Å². The number of aliphatic hydroxyl groups excluding tert-OH is 1. The van der Waals surface area contributed by atoms with E-state index in [1.54, 1.807) is 60.1 Å². The quantitative estimate of drug-likeness (QED) is 0.211. The van der Waals surface area contributed by atoms with Gasteiger partial charge in [-0.3, -0.25) is 14.5 Å². The van der Waals surface area contributed by atoms with E-state index in [2.05, 4.69) is 11.9 Å². The summed E-state index contributed by atoms with van der Waals surface area (Å²) in [4.78, 5) is 31.6. The van der Waals surface area contributed by atoms with Crippen molar-refractivity contribution in [3.05, 3.63) is 81.8 Å². The second-order valence-corrected chi connectivity index (χ2v) is 8.57. The molecule has 2 heterocycles. The number of ether oxygens (including phenoxy) is 1. The van der Waals surface area contributed by atoms with Crippen LogP contribution < -0.4 is 9.64 Å². The first-order valence-electron chi connectivity index (χ1n) is 10.2. The van der Waals surface area contributed by atoms with Crippen LogP contribution in [0, 0.1) is 0 Å². The Morgan fingerprint density at radius 1 is 1.22 bits per heavy atom. The highest BCUT2D eigenvalue weighted by molar-refractivity contribution is 7.14. The number of thiazole rings is 1. The first kappa shape index (κ1) is 22.0. The fraction of sp³-hybridized carbons (Fsp3) is 0.208. The van der Waals surface area contributed by atoms with Crippen LogP contribution >= 0.6 is 22.9 Å². The molecule has 164 valence electrons. The number of rotatable bonds is 7. The average molecular weight is 469 g/mol. The van der Waals surface area contributed by atoms with Crippen LogP contribution in [0.4, 0.5) is 5.13 Å². The van der Waals surface area contributed by atoms with Gasteiger partial charge in [0.2, 0.25) is 0 Å². The zero-order valence-electron chi connectivity index (χ0n) is 17.3. The molecule has 8 heteroatoms. The Labute approximate surface area is 194 Å². The molecular weight excluding hydrogens is 448 g/mol. The Morgan fingerprint density at radius 2 is 2.00 bits per heavy atom. The van der Waals surface area contributed by atoms with Crippen molar-refractivity contribution in [2.24, 2.45) is 0 Å². The summed E-state index contributed by atoms with van der Waals surface area (Å²) in [5.41, 5.74) is 1.04. The highest BCUT2D eigenvalue weighted by Gasteiger charge is 2.47. The van der Waals surface area contributed by atoms with Crippen molar-refractivity contribution in [2.45, 2.75) is 25.8 Å². The molecule has 0 aliphatic carbocycles. The number of unbranched alkanes of at least 4 members (excludes halogenated alkanes) is 1. The highest BCUT2D eigenvalue weighted by atomic mass is 35.5. The summed E-state index contributed by atoms with van der Waals surface area (Å²) in [5.74, 6) is -1.19. The van der Waals surface area contributed by atoms with E-state index < -0.39 is 17.7 Å². The Kier molecular flexibility index (Phi) is 6.58. The summed E-state index contributed by atoms with van der Waals surface area (Å²) in [6.45, 7) is 2.63. The fourth-order valence-electron chi connectivity index (χ4n) is 3.55. The fourth-order valence-corrected chi connectivity index (χ4v) is 4.34. The number of carbonyl (C=O) groups is 2. The third-order valence-corrected chi connectivity index (χ3v) is 6.15. The lowest BCUT2D eigenvalue weighted by molar-refractivity contribution is -0.132. The molecule has 1 amide bonds. The maximum atomic E-state index is 13.1. The summed E-state index contributed by atoms with van der Waals surface area (Å²) >= 11 is 7.29. The average Bonchev–Trinajstić information content (AvgIpc) is 3.41. The summed E-state index contributed by atoms with van der Waals surface area (Å²) in [5, 5.41) is 13.8. The Hall–Kier alpha value is -3.16. The monoisotopic (exact) mass is 468 g/mol. The molecule has 2 aromatic carbocycles. The molecule has 3 aromatic rings. The lowest BCUT2D eigenvalue weighted by atomic mass is 9.95. The third-order valence-electron chi connectivity index (χ3n) is 5.13. The minimum Gasteiger partial charge on any atom is -0.507 e. The summed E-state index contributed by atoms with van der Waals surface area (Å²) in [6.07, 6.45) is 3.47. The molecule has 1 atom stereocenters. The molecule has 1 aliphatic heterocycles. The van der Waals surface area contributed by atoms with Gasteiger partial charge in [-0.1, -0.05) is 49.2 Å². The number of aliphatic hydroxyl groups is 1. The molecule has 6 nitrogen and oxygen atoms in total. The highest BCUT2D eigenvalue weighted by Crippen LogP contribution is 2.43. The number of anilines is 1. The molecular formula is C24H21ClN2O4S. The van der Waals surface area contributed by atoms with E-state index in [4.69, 9.17) is 16.3 Å². The number of nitrogens with zero attached hydrogens (tertiary/aromatic N) is 2. The van der Waals surface area contributed by atoms with Crippen molar-refractivity contribution in [1.82, 2.24) is 4.98 Å². The number of hydrogen-bond acceptors (Lipinski definition) is 6. The van der Waals surface area contributed by atoms with Crippen LogP contribution in [0.3, 0.4) is 0 Å². The Bertz CT molecular complexity index is 1160. The number of carbonyl (C=O) groups excluding carboxylic acids is 2. The van der Waals surface area contributed by atoms with Crippen molar-refractivity contribution in [1.29, 1.82) is 0 Å². The van der Waals surface area contributed by atoms with Crippen LogP contribution in [0.25, 0.3) is 5.76 Å². The zero-order chi connectivity index (χ0) is 22.7. The number of Topliss-reactive ketones (excluding diaryl/α,β-unsaturated/α-hetero) is 1. The number of aromatic nitrogens is 1. The van der Waals surface area contributed by atoms with Crippen LogP contribution in [0.5, 0.6) is 5.75 Å². The molecule has 0 radical (unpaired) electrons. The van der Waals surface area contributed by atoms with E-state index in [1.165, 1.54) is 16.2 Å². The topological polar surface area (TPSA) is 79.7 Å². The molecule has 1 aromatic heterocycles. The Balaban J connectivity index is 1.82. The van der Waals surface area contributed by atoms with E-state index in [9.17, 15) is 14.7 Å². The molecule has 1 unspecified atom stereocenters. The molecule has 1 fully saturated rings. The minimum absolute atomic E-state index is 0.00164. The van der Waals surface area contributed by atoms with Crippen molar-refractivity contribution in [3.8, 4) is 5.75 Å². The van der Waals surface area contributed by atoms with Crippen LogP contribution in [0.2, 0.25) is 5.02 Å². The number of ketones is 1. The number of benzene rings is 2. The van der Waals surface area contributed by atoms with Gasteiger partial charge in [-0.25, -0.2) is 4.98 Å². The predicted molar refractivity (Wildman–Crippen MR) is 125 cm³/mol. The second kappa shape index (κ2) is 9.54. The molecule has 1 aliphatic rings. The van der Waals surface area contributed by atoms with Crippen LogP contribution in [0.1, 0.15) is 36.9 Å². The molecule has 1 saturated heterocycles. The van der Waals surface area contributed by atoms with E-state index in [-0.39, 0.29) is 11.3 Å². The van der Waals surface area contributed by atoms with Gasteiger partial charge in [-0.2, -0.15) is 0 Å². The SMILES string of the molecule is CCCCOc1cccc(C(O)=C2C(=O)C(=O)N(c3nccs3)C2c2ccc(Cl)cc2)c1. The number of amides is 1. The van der Waals surface area contributed by atoms with Gasteiger partial charge in [0.15, 0.2) is 5.13 Å². The summed E-state index contributed by atoms with van der Waals surface area (Å²) in [7, 11) is 0. The Morgan fingerprint density at radius 3 is 2.69 bits per heavy atom. The second-order valence-electron chi connectivity index (χ2n) is 7.27. The zero-order valence-corrected chi connectivity index (χ0v) is 18.9. The molecule has 4 rings (SSSR count). The normalized spacial score (nSPS) is 17.7. The molecule has 0 bridgehead atoms. The first-order valence-corrected chi connectivity index (χ1v) is 11.5. The van der Waals surface area contributed by atoms with Gasteiger partial charge in [0, 0.05) is 22.2 Å². The maximum absolute atomic E-state index is 13.1. The summed E-state index contributed by atoms with van der Waals surface area (Å²) in [6, 6.07) is 12.9. The maximum Gasteiger partial charge on any atom is 0.301 e. The lowest BCUT2D eigenvalue weighted by Crippen LogP contribution is -2.29. The van der Waals surface area contributed by atoms with E-state index in [0.29, 0.717) is 33.6 Å². The smallest absolute Gasteiger partial charge is 0.301 e. The first-order chi connectivity index (χ1) is 15.5. The molecule has 32 heavy (non-hydrogen) atoms. The van der Waals surface area contributed by atoms with Crippen molar-refractivity contribution < 1.29 is 19.4 Å². The standard InChI is InChI=1S/C24H21ClN2O4S/c1-2-3-12-31-18-6-4-5-16(14-18)21(28)19-20(15-7-9-17(25)10-8-15)27(23(30)22(19)29)24-26-11-13-32-24/h4-11,13-14,20,28H,2-3,12H2,1H3. The van der Waals surface area contributed by atoms with E-state index in [0.717, 1.165) is 12.8 Å². The van der Waals surface area contributed by atoms with Gasteiger partial charge in [0.1, 0.15) is 11.5 Å². The van der Waals surface area contributed by atoms with Gasteiger partial charge in [-0.15, -0.1) is 11.3 Å². The van der Waals surface area contributed by atoms with Crippen LogP contribution in [-0.2, 0) is 9.59 Å². The predicted octanol–water partition coefficient (Wildman–Crippen LogP) is 5.60. The van der Waals surface area contributed by atoms with Crippen LogP contribution in [0.15, 0.2) is 65.7 Å². The van der Waals surface area contributed by atoms with Gasteiger partial charge < -0.3 is 9.84 Å². The lowest BCUT2D eigenvalue weighted by Gasteiger charge is -2.23. The van der Waals surface area contributed by atoms with Gasteiger partial charge in [-0.05, 0) is 36.2 Å².